The molecule has 2 rings (SSSR count). The molecule has 0 bridgehead atoms. The van der Waals surface area contributed by atoms with Gasteiger partial charge in [-0.15, -0.1) is 0 Å². The van der Waals surface area contributed by atoms with Crippen molar-refractivity contribution in [3.05, 3.63) is 52.0 Å². The SMILES string of the molecule is CCc1[c]c(Br)c(-c2ccccc2OC)c(C(F)(C(F)(F)F)C(F)(F)F)c1. The number of aryl methyl sites for hydroxylation is 1. The summed E-state index contributed by atoms with van der Waals surface area (Å²) in [5, 5.41) is 0. The molecule has 147 valence electrons. The van der Waals surface area contributed by atoms with E-state index in [2.05, 4.69) is 22.0 Å². The first-order valence-corrected chi connectivity index (χ1v) is 8.38. The first-order valence-electron chi connectivity index (χ1n) is 7.59. The molecule has 0 aliphatic carbocycles. The van der Waals surface area contributed by atoms with Crippen LogP contribution in [0.1, 0.15) is 18.1 Å². The molecule has 0 spiro atoms. The summed E-state index contributed by atoms with van der Waals surface area (Å²) in [6.45, 7) is 1.51. The van der Waals surface area contributed by atoms with Crippen LogP contribution in [0.4, 0.5) is 30.7 Å². The van der Waals surface area contributed by atoms with Gasteiger partial charge in [0.1, 0.15) is 5.75 Å². The molecule has 0 heterocycles. The molecule has 0 saturated heterocycles. The molecule has 0 fully saturated rings. The normalized spacial score (nSPS) is 13.0. The summed E-state index contributed by atoms with van der Waals surface area (Å²) < 4.78 is 100.0. The van der Waals surface area contributed by atoms with Crippen molar-refractivity contribution in [2.24, 2.45) is 0 Å². The largest absolute Gasteiger partial charge is 0.496 e. The van der Waals surface area contributed by atoms with Gasteiger partial charge >= 0.3 is 18.0 Å². The molecule has 0 unspecified atom stereocenters. The van der Waals surface area contributed by atoms with Crippen LogP contribution in [-0.2, 0) is 12.1 Å². The summed E-state index contributed by atoms with van der Waals surface area (Å²) in [4.78, 5) is 0. The fraction of sp³-hybridized carbons (Fsp3) is 0.333. The predicted octanol–water partition coefficient (Wildman–Crippen LogP) is 6.78. The molecule has 1 nitrogen and oxygen atoms in total. The minimum absolute atomic E-state index is 0.00829. The van der Waals surface area contributed by atoms with Crippen LogP contribution in [0, 0.1) is 6.07 Å². The van der Waals surface area contributed by atoms with Crippen molar-refractivity contribution in [1.82, 2.24) is 0 Å². The summed E-state index contributed by atoms with van der Waals surface area (Å²) >= 11 is 2.95. The molecular weight excluding hydrogens is 445 g/mol. The number of halogens is 8. The zero-order chi connectivity index (χ0) is 20.6. The Morgan fingerprint density at radius 3 is 2.04 bits per heavy atom. The minimum Gasteiger partial charge on any atom is -0.496 e. The predicted molar refractivity (Wildman–Crippen MR) is 89.2 cm³/mol. The second-order valence-electron chi connectivity index (χ2n) is 5.61. The second-order valence-corrected chi connectivity index (χ2v) is 6.40. The molecule has 2 aromatic rings. The lowest BCUT2D eigenvalue weighted by Crippen LogP contribution is -2.50. The third-order valence-corrected chi connectivity index (χ3v) is 4.58. The molecule has 2 aromatic carbocycles. The lowest BCUT2D eigenvalue weighted by atomic mass is 9.85. The third-order valence-electron chi connectivity index (χ3n) is 3.99. The van der Waals surface area contributed by atoms with Crippen molar-refractivity contribution in [3.63, 3.8) is 0 Å². The number of para-hydroxylation sites is 1. The maximum Gasteiger partial charge on any atom is 0.435 e. The first kappa shape index (κ1) is 21.5. The summed E-state index contributed by atoms with van der Waals surface area (Å²) in [6, 6.07) is 8.67. The van der Waals surface area contributed by atoms with Crippen molar-refractivity contribution in [1.29, 1.82) is 0 Å². The molecule has 9 heteroatoms. The first-order chi connectivity index (χ1) is 12.4. The topological polar surface area (TPSA) is 9.23 Å². The van der Waals surface area contributed by atoms with Gasteiger partial charge in [-0.2, -0.15) is 26.3 Å². The van der Waals surface area contributed by atoms with Crippen LogP contribution in [0.25, 0.3) is 11.1 Å². The molecule has 0 amide bonds. The Kier molecular flexibility index (Phi) is 5.85. The quantitative estimate of drug-likeness (QED) is 0.460. The van der Waals surface area contributed by atoms with E-state index in [1.54, 1.807) is 0 Å². The van der Waals surface area contributed by atoms with Gasteiger partial charge in [0.15, 0.2) is 0 Å². The summed E-state index contributed by atoms with van der Waals surface area (Å²) in [7, 11) is 1.20. The van der Waals surface area contributed by atoms with Crippen LogP contribution in [0.2, 0.25) is 0 Å². The molecule has 0 aliphatic heterocycles. The van der Waals surface area contributed by atoms with Crippen LogP contribution in [0.5, 0.6) is 5.75 Å². The number of methoxy groups -OCH3 is 1. The van der Waals surface area contributed by atoms with Crippen molar-refractivity contribution in [2.75, 3.05) is 7.11 Å². The highest BCUT2D eigenvalue weighted by atomic mass is 79.9. The lowest BCUT2D eigenvalue weighted by Gasteiger charge is -2.32. The Morgan fingerprint density at radius 2 is 1.56 bits per heavy atom. The van der Waals surface area contributed by atoms with Crippen molar-refractivity contribution >= 4 is 15.9 Å². The van der Waals surface area contributed by atoms with Crippen molar-refractivity contribution in [2.45, 2.75) is 31.4 Å². The Labute approximate surface area is 159 Å². The van der Waals surface area contributed by atoms with Crippen LogP contribution in [-0.4, -0.2) is 19.5 Å². The molecule has 0 aromatic heterocycles. The number of benzene rings is 2. The van der Waals surface area contributed by atoms with E-state index in [4.69, 9.17) is 4.74 Å². The van der Waals surface area contributed by atoms with Gasteiger partial charge in [0.05, 0.1) is 7.11 Å². The highest BCUT2D eigenvalue weighted by Crippen LogP contribution is 2.57. The third kappa shape index (κ3) is 3.66. The second kappa shape index (κ2) is 7.33. The van der Waals surface area contributed by atoms with Crippen LogP contribution in [0.15, 0.2) is 34.8 Å². The van der Waals surface area contributed by atoms with E-state index in [0.717, 1.165) is 0 Å². The van der Waals surface area contributed by atoms with E-state index in [1.165, 1.54) is 38.3 Å². The van der Waals surface area contributed by atoms with E-state index >= 15 is 0 Å². The van der Waals surface area contributed by atoms with Gasteiger partial charge in [0.2, 0.25) is 0 Å². The molecule has 1 radical (unpaired) electrons. The maximum atomic E-state index is 14.9. The number of ether oxygens (including phenoxy) is 1. The van der Waals surface area contributed by atoms with Crippen molar-refractivity contribution in [3.8, 4) is 16.9 Å². The van der Waals surface area contributed by atoms with Gasteiger partial charge in [-0.3, -0.25) is 0 Å². The van der Waals surface area contributed by atoms with Gasteiger partial charge in [-0.1, -0.05) is 31.2 Å². The zero-order valence-electron chi connectivity index (χ0n) is 14.0. The van der Waals surface area contributed by atoms with Gasteiger partial charge < -0.3 is 4.74 Å². The maximum absolute atomic E-state index is 14.9. The number of alkyl halides is 7. The number of rotatable bonds is 4. The van der Waals surface area contributed by atoms with E-state index in [9.17, 15) is 30.7 Å². The number of hydrogen-bond acceptors (Lipinski definition) is 1. The fourth-order valence-corrected chi connectivity index (χ4v) is 3.33. The highest BCUT2D eigenvalue weighted by molar-refractivity contribution is 9.10. The molecule has 0 N–H and O–H groups in total. The Balaban J connectivity index is 3.00. The molecule has 0 aliphatic rings. The molecular formula is C18H13BrF7O. The summed E-state index contributed by atoms with van der Waals surface area (Å²) in [6.07, 6.45) is -12.4. The van der Waals surface area contributed by atoms with E-state index in [1.807, 2.05) is 0 Å². The zero-order valence-corrected chi connectivity index (χ0v) is 15.6. The van der Waals surface area contributed by atoms with Gasteiger partial charge in [0, 0.05) is 27.2 Å². The van der Waals surface area contributed by atoms with Gasteiger partial charge in [0.25, 0.3) is 0 Å². The average Bonchev–Trinajstić information content (AvgIpc) is 2.58. The molecule has 0 atom stereocenters. The Bertz CT molecular complexity index is 813. The lowest BCUT2D eigenvalue weighted by molar-refractivity contribution is -0.348. The molecule has 0 saturated carbocycles. The average molecular weight is 458 g/mol. The monoisotopic (exact) mass is 457 g/mol. The van der Waals surface area contributed by atoms with E-state index in [-0.39, 0.29) is 27.8 Å². The number of hydrogen-bond donors (Lipinski definition) is 0. The van der Waals surface area contributed by atoms with E-state index in [0.29, 0.717) is 6.07 Å². The smallest absolute Gasteiger partial charge is 0.435 e. The summed E-state index contributed by atoms with van der Waals surface area (Å²) in [5.74, 6) is -0.0104. The van der Waals surface area contributed by atoms with Gasteiger partial charge in [-0.25, -0.2) is 4.39 Å². The fourth-order valence-electron chi connectivity index (χ4n) is 2.65. The van der Waals surface area contributed by atoms with E-state index < -0.39 is 29.1 Å². The van der Waals surface area contributed by atoms with Crippen LogP contribution < -0.4 is 4.74 Å². The molecule has 27 heavy (non-hydrogen) atoms. The van der Waals surface area contributed by atoms with Crippen LogP contribution >= 0.6 is 15.9 Å². The minimum atomic E-state index is -6.23. The standard InChI is InChI=1S/C18H13BrF7O/c1-3-10-8-12(16(20,17(21,22)23)18(24,25)26)15(13(19)9-10)11-6-4-5-7-14(11)27-2/h4-8H,3H2,1-2H3. The van der Waals surface area contributed by atoms with Crippen molar-refractivity contribution < 1.29 is 35.5 Å². The Hall–Kier alpha value is -1.77. The van der Waals surface area contributed by atoms with Crippen LogP contribution in [0.3, 0.4) is 0 Å². The Morgan fingerprint density at radius 1 is 1.00 bits per heavy atom. The summed E-state index contributed by atoms with van der Waals surface area (Å²) in [5.41, 5.74) is -7.89. The van der Waals surface area contributed by atoms with Gasteiger partial charge in [-0.05, 0) is 34.0 Å². The highest BCUT2D eigenvalue weighted by Gasteiger charge is 2.74.